The Morgan fingerprint density at radius 1 is 1.23 bits per heavy atom. The van der Waals surface area contributed by atoms with Gasteiger partial charge >= 0.3 is 0 Å². The van der Waals surface area contributed by atoms with E-state index in [2.05, 4.69) is 20.4 Å². The topological polar surface area (TPSA) is 80.5 Å². The molecule has 1 aliphatic heterocycles. The number of carbonyl (C=O) groups is 1. The van der Waals surface area contributed by atoms with Crippen molar-refractivity contribution in [3.63, 3.8) is 0 Å². The average Bonchev–Trinajstić information content (AvgIpc) is 3.29. The van der Waals surface area contributed by atoms with Gasteiger partial charge in [0, 0.05) is 44.0 Å². The maximum absolute atomic E-state index is 12.5. The van der Waals surface area contributed by atoms with Crippen LogP contribution in [-0.2, 0) is 13.1 Å². The fourth-order valence-electron chi connectivity index (χ4n) is 3.83. The number of rotatable bonds is 7. The maximum atomic E-state index is 12.5. The largest absolute Gasteiger partial charge is 0.497 e. The van der Waals surface area contributed by atoms with Gasteiger partial charge in [0.2, 0.25) is 5.76 Å². The van der Waals surface area contributed by atoms with Crippen LogP contribution in [-0.4, -0.2) is 41.1 Å². The summed E-state index contributed by atoms with van der Waals surface area (Å²) in [5.74, 6) is 1.02. The third kappa shape index (κ3) is 5.04. The maximum Gasteiger partial charge on any atom is 0.290 e. The molecule has 3 aromatic rings. The Labute approximate surface area is 176 Å². The number of ether oxygens (including phenoxy) is 1. The molecule has 4 rings (SSSR count). The quantitative estimate of drug-likeness (QED) is 0.648. The van der Waals surface area contributed by atoms with E-state index in [9.17, 15) is 4.79 Å². The van der Waals surface area contributed by atoms with Gasteiger partial charge in [-0.1, -0.05) is 17.3 Å². The Morgan fingerprint density at radius 2 is 2.10 bits per heavy atom. The molecule has 1 aliphatic rings. The van der Waals surface area contributed by atoms with Crippen molar-refractivity contribution in [3.05, 3.63) is 77.4 Å². The van der Waals surface area contributed by atoms with Crippen LogP contribution in [0.2, 0.25) is 0 Å². The molecule has 1 aromatic carbocycles. The molecule has 0 radical (unpaired) electrons. The fourth-order valence-corrected chi connectivity index (χ4v) is 3.83. The number of benzene rings is 1. The number of hydrogen-bond acceptors (Lipinski definition) is 6. The lowest BCUT2D eigenvalue weighted by Crippen LogP contribution is -2.34. The van der Waals surface area contributed by atoms with Gasteiger partial charge in [-0.3, -0.25) is 14.7 Å². The number of likely N-dealkylation sites (tertiary alicyclic amines) is 1. The molecule has 156 valence electrons. The second-order valence-electron chi connectivity index (χ2n) is 7.58. The van der Waals surface area contributed by atoms with Gasteiger partial charge in [0.05, 0.1) is 12.8 Å². The number of nitrogens with zero attached hydrogens (tertiary/aromatic N) is 3. The second-order valence-corrected chi connectivity index (χ2v) is 7.58. The Kier molecular flexibility index (Phi) is 6.39. The van der Waals surface area contributed by atoms with E-state index in [0.717, 1.165) is 49.5 Å². The first kappa shape index (κ1) is 20.1. The van der Waals surface area contributed by atoms with Gasteiger partial charge in [0.25, 0.3) is 5.91 Å². The lowest BCUT2D eigenvalue weighted by atomic mass is 9.94. The molecule has 1 atom stereocenters. The minimum absolute atomic E-state index is 0.249. The summed E-state index contributed by atoms with van der Waals surface area (Å²) in [6, 6.07) is 13.5. The zero-order valence-electron chi connectivity index (χ0n) is 17.1. The van der Waals surface area contributed by atoms with Crippen LogP contribution < -0.4 is 10.1 Å². The Bertz CT molecular complexity index is 973. The molecule has 1 N–H and O–H groups in total. The van der Waals surface area contributed by atoms with Crippen molar-refractivity contribution in [2.45, 2.75) is 31.8 Å². The molecule has 0 saturated carbocycles. The van der Waals surface area contributed by atoms with Crippen LogP contribution in [0.5, 0.6) is 5.75 Å². The van der Waals surface area contributed by atoms with Gasteiger partial charge in [-0.05, 0) is 54.8 Å². The van der Waals surface area contributed by atoms with Crippen molar-refractivity contribution >= 4 is 5.91 Å². The van der Waals surface area contributed by atoms with Crippen molar-refractivity contribution in [2.24, 2.45) is 0 Å². The van der Waals surface area contributed by atoms with Crippen molar-refractivity contribution < 1.29 is 14.1 Å². The monoisotopic (exact) mass is 406 g/mol. The summed E-state index contributed by atoms with van der Waals surface area (Å²) < 4.78 is 10.6. The van der Waals surface area contributed by atoms with Gasteiger partial charge in [0.1, 0.15) is 5.75 Å². The first-order valence-electron chi connectivity index (χ1n) is 10.2. The van der Waals surface area contributed by atoms with E-state index in [4.69, 9.17) is 9.26 Å². The third-order valence-corrected chi connectivity index (χ3v) is 5.42. The first-order valence-corrected chi connectivity index (χ1v) is 10.2. The molecule has 3 heterocycles. The van der Waals surface area contributed by atoms with E-state index in [1.54, 1.807) is 13.2 Å². The third-order valence-electron chi connectivity index (χ3n) is 5.42. The second kappa shape index (κ2) is 9.54. The molecule has 7 nitrogen and oxygen atoms in total. The average molecular weight is 406 g/mol. The van der Waals surface area contributed by atoms with E-state index < -0.39 is 0 Å². The summed E-state index contributed by atoms with van der Waals surface area (Å²) in [4.78, 5) is 19.0. The predicted molar refractivity (Wildman–Crippen MR) is 112 cm³/mol. The normalized spacial score (nSPS) is 16.9. The number of hydrogen-bond donors (Lipinski definition) is 1. The highest BCUT2D eigenvalue weighted by Crippen LogP contribution is 2.27. The zero-order valence-corrected chi connectivity index (χ0v) is 17.1. The molecule has 30 heavy (non-hydrogen) atoms. The minimum Gasteiger partial charge on any atom is -0.497 e. The molecule has 0 spiro atoms. The SMILES string of the molecule is COc1cccc(CNC(=O)c2cc([C@H]3CCCN(Cc4ccncc4)C3)no2)c1. The Morgan fingerprint density at radius 3 is 2.93 bits per heavy atom. The van der Waals surface area contributed by atoms with Gasteiger partial charge in [-0.25, -0.2) is 0 Å². The molecule has 1 amide bonds. The van der Waals surface area contributed by atoms with Crippen LogP contribution in [0.15, 0.2) is 59.4 Å². The Balaban J connectivity index is 1.34. The molecule has 1 saturated heterocycles. The minimum atomic E-state index is -0.263. The molecule has 1 fully saturated rings. The standard InChI is InChI=1S/C23H26N4O3/c1-29-20-6-2-4-18(12-20)14-25-23(28)22-13-21(26-30-22)19-5-3-11-27(16-19)15-17-7-9-24-10-8-17/h2,4,6-10,12-13,19H,3,5,11,14-16H2,1H3,(H,25,28)/t19-/m0/s1. The zero-order chi connectivity index (χ0) is 20.8. The lowest BCUT2D eigenvalue weighted by molar-refractivity contribution is 0.0913. The first-order chi connectivity index (χ1) is 14.7. The summed E-state index contributed by atoms with van der Waals surface area (Å²) in [7, 11) is 1.62. The van der Waals surface area contributed by atoms with Crippen LogP contribution in [0.3, 0.4) is 0 Å². The van der Waals surface area contributed by atoms with Gasteiger partial charge in [0.15, 0.2) is 0 Å². The highest BCUT2D eigenvalue weighted by Gasteiger charge is 2.25. The highest BCUT2D eigenvalue weighted by molar-refractivity contribution is 5.91. The van der Waals surface area contributed by atoms with E-state index in [-0.39, 0.29) is 17.6 Å². The summed E-state index contributed by atoms with van der Waals surface area (Å²) in [5.41, 5.74) is 3.06. The van der Waals surface area contributed by atoms with Crippen LogP contribution in [0.1, 0.15) is 46.1 Å². The molecule has 0 bridgehead atoms. The molecule has 0 aliphatic carbocycles. The van der Waals surface area contributed by atoms with Gasteiger partial charge < -0.3 is 14.6 Å². The van der Waals surface area contributed by atoms with Crippen molar-refractivity contribution in [1.82, 2.24) is 20.4 Å². The van der Waals surface area contributed by atoms with E-state index in [1.807, 2.05) is 48.8 Å². The summed E-state index contributed by atoms with van der Waals surface area (Å²) in [5, 5.41) is 7.07. The van der Waals surface area contributed by atoms with Gasteiger partial charge in [-0.15, -0.1) is 0 Å². The molecular formula is C23H26N4O3. The number of methoxy groups -OCH3 is 1. The molecule has 7 heteroatoms. The Hall–Kier alpha value is -3.19. The van der Waals surface area contributed by atoms with Gasteiger partial charge in [-0.2, -0.15) is 0 Å². The lowest BCUT2D eigenvalue weighted by Gasteiger charge is -2.31. The summed E-state index contributed by atoms with van der Waals surface area (Å²) in [6.07, 6.45) is 5.79. The fraction of sp³-hybridized carbons (Fsp3) is 0.348. The predicted octanol–water partition coefficient (Wildman–Crippen LogP) is 3.39. The van der Waals surface area contributed by atoms with E-state index in [1.165, 1.54) is 5.56 Å². The summed E-state index contributed by atoms with van der Waals surface area (Å²) in [6.45, 7) is 3.25. The number of piperidine rings is 1. The number of pyridine rings is 1. The molecule has 0 unspecified atom stereocenters. The number of amides is 1. The molecule has 2 aromatic heterocycles. The highest BCUT2D eigenvalue weighted by atomic mass is 16.5. The smallest absolute Gasteiger partial charge is 0.290 e. The number of nitrogens with one attached hydrogen (secondary N) is 1. The molecular weight excluding hydrogens is 380 g/mol. The van der Waals surface area contributed by atoms with E-state index >= 15 is 0 Å². The van der Waals surface area contributed by atoms with Crippen molar-refractivity contribution in [2.75, 3.05) is 20.2 Å². The summed E-state index contributed by atoms with van der Waals surface area (Å²) >= 11 is 0. The van der Waals surface area contributed by atoms with Crippen LogP contribution in [0.4, 0.5) is 0 Å². The van der Waals surface area contributed by atoms with Crippen molar-refractivity contribution in [3.8, 4) is 5.75 Å². The number of aromatic nitrogens is 2. The van der Waals surface area contributed by atoms with E-state index in [0.29, 0.717) is 6.54 Å². The number of carbonyl (C=O) groups excluding carboxylic acids is 1. The van der Waals surface area contributed by atoms with Crippen LogP contribution >= 0.6 is 0 Å². The van der Waals surface area contributed by atoms with Crippen LogP contribution in [0, 0.1) is 0 Å². The van der Waals surface area contributed by atoms with Crippen molar-refractivity contribution in [1.29, 1.82) is 0 Å². The van der Waals surface area contributed by atoms with Crippen LogP contribution in [0.25, 0.3) is 0 Å².